The molecule has 3 heteroatoms. The van der Waals surface area contributed by atoms with Crippen molar-refractivity contribution < 1.29 is 0 Å². The summed E-state index contributed by atoms with van der Waals surface area (Å²) >= 11 is 0. The van der Waals surface area contributed by atoms with Gasteiger partial charge in [-0.1, -0.05) is 36.4 Å². The van der Waals surface area contributed by atoms with Crippen LogP contribution in [0.2, 0.25) is 0 Å². The van der Waals surface area contributed by atoms with E-state index in [4.69, 9.17) is 0 Å². The quantitative estimate of drug-likeness (QED) is 0.774. The lowest BCUT2D eigenvalue weighted by molar-refractivity contribution is 0.924. The maximum atomic E-state index is 4.68. The van der Waals surface area contributed by atoms with Gasteiger partial charge in [-0.25, -0.2) is 0 Å². The molecule has 2 aliphatic rings. The van der Waals surface area contributed by atoms with Crippen LogP contribution in [-0.4, -0.2) is 19.0 Å². The Bertz CT molecular complexity index is 633. The highest BCUT2D eigenvalue weighted by Gasteiger charge is 2.31. The summed E-state index contributed by atoms with van der Waals surface area (Å²) in [5.41, 5.74) is 3.89. The van der Waals surface area contributed by atoms with Crippen molar-refractivity contribution in [1.82, 2.24) is 0 Å². The molecule has 0 saturated carbocycles. The molecule has 94 valence electrons. The normalized spacial score (nSPS) is 16.9. The van der Waals surface area contributed by atoms with Crippen LogP contribution >= 0.6 is 0 Å². The molecule has 0 bridgehead atoms. The molecule has 2 aromatic carbocycles. The molecule has 0 saturated heterocycles. The van der Waals surface area contributed by atoms with Crippen molar-refractivity contribution in [3.8, 4) is 0 Å². The van der Waals surface area contributed by atoms with Gasteiger partial charge in [-0.3, -0.25) is 4.99 Å². The van der Waals surface area contributed by atoms with Crippen LogP contribution in [-0.2, 0) is 6.54 Å². The van der Waals surface area contributed by atoms with Crippen molar-refractivity contribution in [2.24, 2.45) is 4.99 Å². The van der Waals surface area contributed by atoms with Gasteiger partial charge < -0.3 is 9.80 Å². The summed E-state index contributed by atoms with van der Waals surface area (Å²) in [4.78, 5) is 9.31. The van der Waals surface area contributed by atoms with Gasteiger partial charge in [0.1, 0.15) is 0 Å². The second kappa shape index (κ2) is 4.12. The number of hydrogen-bond acceptors (Lipinski definition) is 3. The van der Waals surface area contributed by atoms with Crippen LogP contribution in [0.15, 0.2) is 59.6 Å². The zero-order valence-electron chi connectivity index (χ0n) is 10.7. The first-order valence-corrected chi connectivity index (χ1v) is 6.66. The zero-order chi connectivity index (χ0) is 12.7. The molecule has 2 aliphatic heterocycles. The summed E-state index contributed by atoms with van der Waals surface area (Å²) in [5.74, 6) is 1.09. The van der Waals surface area contributed by atoms with E-state index in [1.165, 1.54) is 16.9 Å². The molecule has 4 rings (SSSR count). The average Bonchev–Trinajstić information content (AvgIpc) is 2.97. The molecule has 2 aromatic rings. The van der Waals surface area contributed by atoms with Crippen LogP contribution in [0, 0.1) is 0 Å². The van der Waals surface area contributed by atoms with E-state index >= 15 is 0 Å². The maximum Gasteiger partial charge on any atom is 0.206 e. The van der Waals surface area contributed by atoms with Gasteiger partial charge in [-0.05, 0) is 23.8 Å². The van der Waals surface area contributed by atoms with Crippen LogP contribution in [0.1, 0.15) is 5.56 Å². The molecular formula is C16H15N3. The van der Waals surface area contributed by atoms with E-state index in [1.807, 2.05) is 0 Å². The SMILES string of the molecule is c1ccc(N2Cc3ccccc3N3CCN=C23)cc1. The Kier molecular flexibility index (Phi) is 2.30. The molecule has 0 amide bonds. The minimum absolute atomic E-state index is 0.882. The molecule has 0 fully saturated rings. The van der Waals surface area contributed by atoms with Crippen molar-refractivity contribution in [1.29, 1.82) is 0 Å². The molecule has 19 heavy (non-hydrogen) atoms. The first kappa shape index (κ1) is 10.6. The Hall–Kier alpha value is -2.29. The van der Waals surface area contributed by atoms with Crippen molar-refractivity contribution in [3.05, 3.63) is 60.2 Å². The average molecular weight is 249 g/mol. The lowest BCUT2D eigenvalue weighted by atomic mass is 10.1. The van der Waals surface area contributed by atoms with E-state index in [9.17, 15) is 0 Å². The molecule has 0 aliphatic carbocycles. The van der Waals surface area contributed by atoms with Crippen molar-refractivity contribution in [2.75, 3.05) is 22.9 Å². The topological polar surface area (TPSA) is 18.8 Å². The number of benzene rings is 2. The number of anilines is 2. The molecule has 3 nitrogen and oxygen atoms in total. The Labute approximate surface area is 112 Å². The van der Waals surface area contributed by atoms with Gasteiger partial charge in [-0.2, -0.15) is 0 Å². The van der Waals surface area contributed by atoms with Gasteiger partial charge in [-0.15, -0.1) is 0 Å². The van der Waals surface area contributed by atoms with Gasteiger partial charge in [0.05, 0.1) is 13.1 Å². The molecule has 0 N–H and O–H groups in total. The van der Waals surface area contributed by atoms with Gasteiger partial charge >= 0.3 is 0 Å². The van der Waals surface area contributed by atoms with E-state index in [0.29, 0.717) is 0 Å². The molecule has 2 heterocycles. The largest absolute Gasteiger partial charge is 0.310 e. The number of nitrogens with zero attached hydrogens (tertiary/aromatic N) is 3. The monoisotopic (exact) mass is 249 g/mol. The van der Waals surface area contributed by atoms with E-state index < -0.39 is 0 Å². The van der Waals surface area contributed by atoms with Crippen LogP contribution in [0.5, 0.6) is 0 Å². The Morgan fingerprint density at radius 1 is 0.842 bits per heavy atom. The Morgan fingerprint density at radius 3 is 2.53 bits per heavy atom. The number of fused-ring (bicyclic) bond motifs is 3. The van der Waals surface area contributed by atoms with Crippen LogP contribution < -0.4 is 9.80 Å². The molecule has 0 atom stereocenters. The van der Waals surface area contributed by atoms with Crippen molar-refractivity contribution >= 4 is 17.3 Å². The lowest BCUT2D eigenvalue weighted by Gasteiger charge is -2.37. The van der Waals surface area contributed by atoms with Crippen LogP contribution in [0.3, 0.4) is 0 Å². The fourth-order valence-electron chi connectivity index (χ4n) is 2.86. The third-order valence-electron chi connectivity index (χ3n) is 3.74. The number of rotatable bonds is 1. The smallest absolute Gasteiger partial charge is 0.206 e. The minimum Gasteiger partial charge on any atom is -0.310 e. The van der Waals surface area contributed by atoms with E-state index in [1.54, 1.807) is 0 Å². The minimum atomic E-state index is 0.882. The number of aliphatic imine (C=N–C) groups is 1. The molecule has 0 radical (unpaired) electrons. The van der Waals surface area contributed by atoms with Gasteiger partial charge in [0, 0.05) is 17.9 Å². The second-order valence-electron chi connectivity index (χ2n) is 4.88. The lowest BCUT2D eigenvalue weighted by Crippen LogP contribution is -2.46. The molecule has 0 spiro atoms. The van der Waals surface area contributed by atoms with Crippen LogP contribution in [0.4, 0.5) is 11.4 Å². The summed E-state index contributed by atoms with van der Waals surface area (Å²) in [6.07, 6.45) is 0. The predicted octanol–water partition coefficient (Wildman–Crippen LogP) is 2.88. The molecule has 0 unspecified atom stereocenters. The summed E-state index contributed by atoms with van der Waals surface area (Å²) < 4.78 is 0. The third-order valence-corrected chi connectivity index (χ3v) is 3.74. The van der Waals surface area contributed by atoms with Gasteiger partial charge in [0.2, 0.25) is 5.96 Å². The fourth-order valence-corrected chi connectivity index (χ4v) is 2.86. The fraction of sp³-hybridized carbons (Fsp3) is 0.188. The van der Waals surface area contributed by atoms with E-state index in [2.05, 4.69) is 69.4 Å². The second-order valence-corrected chi connectivity index (χ2v) is 4.88. The number of para-hydroxylation sites is 2. The summed E-state index contributed by atoms with van der Waals surface area (Å²) in [5, 5.41) is 0. The first-order chi connectivity index (χ1) is 9.43. The highest BCUT2D eigenvalue weighted by Crippen LogP contribution is 2.32. The third kappa shape index (κ3) is 1.62. The van der Waals surface area contributed by atoms with E-state index in [-0.39, 0.29) is 0 Å². The standard InChI is InChI=1S/C16H15N3/c1-2-7-14(8-3-1)19-12-13-6-4-5-9-15(13)18-11-10-17-16(18)19/h1-9H,10-12H2. The van der Waals surface area contributed by atoms with E-state index in [0.717, 1.165) is 25.6 Å². The van der Waals surface area contributed by atoms with Gasteiger partial charge in [0.15, 0.2) is 0 Å². The molecule has 0 aromatic heterocycles. The highest BCUT2D eigenvalue weighted by atomic mass is 15.4. The van der Waals surface area contributed by atoms with Crippen LogP contribution in [0.25, 0.3) is 0 Å². The first-order valence-electron chi connectivity index (χ1n) is 6.66. The Balaban J connectivity index is 1.83. The Morgan fingerprint density at radius 2 is 1.63 bits per heavy atom. The van der Waals surface area contributed by atoms with Crippen molar-refractivity contribution in [3.63, 3.8) is 0 Å². The summed E-state index contributed by atoms with van der Waals surface area (Å²) in [6, 6.07) is 19.1. The molecular weight excluding hydrogens is 234 g/mol. The summed E-state index contributed by atoms with van der Waals surface area (Å²) in [6.45, 7) is 2.76. The maximum absolute atomic E-state index is 4.68. The van der Waals surface area contributed by atoms with Gasteiger partial charge in [0.25, 0.3) is 0 Å². The summed E-state index contributed by atoms with van der Waals surface area (Å²) in [7, 11) is 0. The number of hydrogen-bond donors (Lipinski definition) is 0. The zero-order valence-corrected chi connectivity index (χ0v) is 10.7. The predicted molar refractivity (Wildman–Crippen MR) is 78.7 cm³/mol. The van der Waals surface area contributed by atoms with Crippen molar-refractivity contribution in [2.45, 2.75) is 6.54 Å². The number of guanidine groups is 1. The highest BCUT2D eigenvalue weighted by molar-refractivity contribution is 6.10.